The highest BCUT2D eigenvalue weighted by Gasteiger charge is 2.17. The Morgan fingerprint density at radius 3 is 0.813 bits per heavy atom. The highest BCUT2D eigenvalue weighted by atomic mass is 16.3. The molecule has 0 saturated carbocycles. The fraction of sp³-hybridized carbons (Fsp3) is 0. The summed E-state index contributed by atoms with van der Waals surface area (Å²) in [4.78, 5) is 2.35. The van der Waals surface area contributed by atoms with Gasteiger partial charge in [-0.25, -0.2) is 0 Å². The van der Waals surface area contributed by atoms with Crippen molar-refractivity contribution in [1.29, 1.82) is 0 Å². The average molecular weight is 958 g/mol. The van der Waals surface area contributed by atoms with Crippen LogP contribution in [0.3, 0.4) is 0 Å². The van der Waals surface area contributed by atoms with Crippen LogP contribution in [-0.4, -0.2) is 0 Å². The minimum Gasteiger partial charge on any atom is -0.456 e. The second-order valence-electron chi connectivity index (χ2n) is 19.3. The summed E-state index contributed by atoms with van der Waals surface area (Å²) >= 11 is 0. The van der Waals surface area contributed by atoms with Crippen LogP contribution in [0.4, 0.5) is 17.1 Å². The Hall–Kier alpha value is -9.96. The lowest BCUT2D eigenvalue weighted by atomic mass is 9.96. The quantitative estimate of drug-likeness (QED) is 0.137. The van der Waals surface area contributed by atoms with E-state index in [4.69, 9.17) is 8.83 Å². The summed E-state index contributed by atoms with van der Waals surface area (Å²) in [5.74, 6) is 0. The Morgan fingerprint density at radius 1 is 0.173 bits per heavy atom. The Bertz CT molecular complexity index is 4380. The zero-order valence-electron chi connectivity index (χ0n) is 40.9. The minimum absolute atomic E-state index is 0.868. The van der Waals surface area contributed by atoms with Crippen molar-refractivity contribution >= 4 is 60.9 Å². The molecule has 0 bridgehead atoms. The molecule has 75 heavy (non-hydrogen) atoms. The number of hydrogen-bond donors (Lipinski definition) is 0. The maximum absolute atomic E-state index is 6.42. The molecule has 0 spiro atoms. The number of hydrogen-bond acceptors (Lipinski definition) is 3. The van der Waals surface area contributed by atoms with Crippen LogP contribution < -0.4 is 4.90 Å². The van der Waals surface area contributed by atoms with Crippen molar-refractivity contribution in [2.24, 2.45) is 0 Å². The second-order valence-corrected chi connectivity index (χ2v) is 19.3. The number of anilines is 3. The smallest absolute Gasteiger partial charge is 0.135 e. The molecule has 14 rings (SSSR count). The molecule has 0 fully saturated rings. The van der Waals surface area contributed by atoms with Crippen molar-refractivity contribution in [2.75, 3.05) is 4.90 Å². The van der Waals surface area contributed by atoms with Crippen molar-refractivity contribution < 1.29 is 8.83 Å². The first-order valence-electron chi connectivity index (χ1n) is 25.5. The third-order valence-corrected chi connectivity index (χ3v) is 14.7. The summed E-state index contributed by atoms with van der Waals surface area (Å²) < 4.78 is 12.6. The lowest BCUT2D eigenvalue weighted by molar-refractivity contribution is 0.668. The number of para-hydroxylation sites is 1. The summed E-state index contributed by atoms with van der Waals surface area (Å²) in [6, 6.07) is 102. The molecule has 0 N–H and O–H groups in total. The topological polar surface area (TPSA) is 29.5 Å². The van der Waals surface area contributed by atoms with Crippen LogP contribution in [0.5, 0.6) is 0 Å². The standard InChI is InChI=1S/C72H47NO2/c1-3-12-48(13-4-1)53-16-9-18-55(42-53)50-24-33-62(34-25-50)73(63-35-26-51(27-36-63)56-19-11-21-58(44-56)57-20-10-17-54(43-57)49-14-5-2-6-15-49)64-37-28-52(29-38-64)59-30-39-71-67(45-59)68-47-61(32-41-72(68)75-71)60-31-40-70-66(46-60)65-22-7-8-23-69(65)74-70/h1-47H. The van der Waals surface area contributed by atoms with Gasteiger partial charge in [0.05, 0.1) is 0 Å². The molecule has 0 saturated heterocycles. The van der Waals surface area contributed by atoms with Crippen molar-refractivity contribution in [3.63, 3.8) is 0 Å². The van der Waals surface area contributed by atoms with E-state index in [0.29, 0.717) is 0 Å². The van der Waals surface area contributed by atoms with Crippen molar-refractivity contribution in [3.8, 4) is 77.9 Å². The van der Waals surface area contributed by atoms with E-state index in [1.54, 1.807) is 0 Å². The Kier molecular flexibility index (Phi) is 10.8. The number of fused-ring (bicyclic) bond motifs is 6. The van der Waals surface area contributed by atoms with Crippen LogP contribution in [0.15, 0.2) is 294 Å². The van der Waals surface area contributed by atoms with E-state index in [-0.39, 0.29) is 0 Å². The lowest BCUT2D eigenvalue weighted by Crippen LogP contribution is -2.09. The number of rotatable bonds is 10. The van der Waals surface area contributed by atoms with Crippen LogP contribution in [0.25, 0.3) is 122 Å². The van der Waals surface area contributed by atoms with Gasteiger partial charge in [0, 0.05) is 38.6 Å². The van der Waals surface area contributed by atoms with Crippen molar-refractivity contribution in [1.82, 2.24) is 0 Å². The van der Waals surface area contributed by atoms with Gasteiger partial charge in [0.15, 0.2) is 0 Å². The first-order valence-corrected chi connectivity index (χ1v) is 25.5. The molecule has 0 amide bonds. The number of furan rings is 2. The van der Waals surface area contributed by atoms with Gasteiger partial charge >= 0.3 is 0 Å². The summed E-state index contributed by atoms with van der Waals surface area (Å²) in [6.07, 6.45) is 0. The summed E-state index contributed by atoms with van der Waals surface area (Å²) in [5, 5.41) is 4.42. The monoisotopic (exact) mass is 957 g/mol. The molecule has 0 aliphatic heterocycles. The van der Waals surface area contributed by atoms with E-state index in [0.717, 1.165) is 88.8 Å². The van der Waals surface area contributed by atoms with Gasteiger partial charge < -0.3 is 13.7 Å². The summed E-state index contributed by atoms with van der Waals surface area (Å²) in [6.45, 7) is 0. The van der Waals surface area contributed by atoms with E-state index in [9.17, 15) is 0 Å². The fourth-order valence-electron chi connectivity index (χ4n) is 10.8. The SMILES string of the molecule is c1ccc(-c2cccc(-c3ccc(N(c4ccc(-c5cccc(-c6cccc(-c7ccccc7)c6)c5)cc4)c4ccc(-c5ccc6oc7ccc(-c8ccc9oc%10ccccc%10c9c8)cc7c6c5)cc4)cc3)c2)cc1. The molecule has 3 nitrogen and oxygen atoms in total. The molecule has 0 atom stereocenters. The first kappa shape index (κ1) is 43.8. The molecule has 0 aliphatic carbocycles. The van der Waals surface area contributed by atoms with E-state index in [1.807, 2.05) is 12.1 Å². The van der Waals surface area contributed by atoms with Gasteiger partial charge in [-0.15, -0.1) is 0 Å². The van der Waals surface area contributed by atoms with Gasteiger partial charge in [0.2, 0.25) is 0 Å². The Labute approximate surface area is 435 Å². The lowest BCUT2D eigenvalue weighted by Gasteiger charge is -2.26. The highest BCUT2D eigenvalue weighted by Crippen LogP contribution is 2.41. The van der Waals surface area contributed by atoms with Crippen molar-refractivity contribution in [3.05, 3.63) is 285 Å². The molecule has 0 radical (unpaired) electrons. The number of benzene rings is 12. The van der Waals surface area contributed by atoms with E-state index >= 15 is 0 Å². The van der Waals surface area contributed by atoms with E-state index in [1.165, 1.54) is 50.1 Å². The van der Waals surface area contributed by atoms with Crippen LogP contribution >= 0.6 is 0 Å². The zero-order chi connectivity index (χ0) is 49.7. The maximum atomic E-state index is 6.42. The first-order chi connectivity index (χ1) is 37.1. The highest BCUT2D eigenvalue weighted by molar-refractivity contribution is 6.09. The van der Waals surface area contributed by atoms with Crippen molar-refractivity contribution in [2.45, 2.75) is 0 Å². The molecule has 2 heterocycles. The molecule has 14 aromatic rings. The van der Waals surface area contributed by atoms with Crippen LogP contribution in [0.2, 0.25) is 0 Å². The maximum Gasteiger partial charge on any atom is 0.135 e. The Balaban J connectivity index is 0.797. The largest absolute Gasteiger partial charge is 0.456 e. The Morgan fingerprint density at radius 2 is 0.427 bits per heavy atom. The zero-order valence-corrected chi connectivity index (χ0v) is 40.9. The van der Waals surface area contributed by atoms with E-state index < -0.39 is 0 Å². The van der Waals surface area contributed by atoms with E-state index in [2.05, 4.69) is 278 Å². The van der Waals surface area contributed by atoms with Crippen LogP contribution in [0, 0.1) is 0 Å². The predicted molar refractivity (Wildman–Crippen MR) is 314 cm³/mol. The molecule has 0 aliphatic rings. The molecular weight excluding hydrogens is 911 g/mol. The van der Waals surface area contributed by atoms with Gasteiger partial charge in [0.25, 0.3) is 0 Å². The summed E-state index contributed by atoms with van der Waals surface area (Å²) in [5.41, 5.74) is 23.1. The molecule has 12 aromatic carbocycles. The molecular formula is C72H47NO2. The fourth-order valence-corrected chi connectivity index (χ4v) is 10.8. The number of nitrogens with zero attached hydrogens (tertiary/aromatic N) is 1. The van der Waals surface area contributed by atoms with Gasteiger partial charge in [0.1, 0.15) is 22.3 Å². The normalized spacial score (nSPS) is 11.5. The van der Waals surface area contributed by atoms with Crippen LogP contribution in [0.1, 0.15) is 0 Å². The minimum atomic E-state index is 0.868. The van der Waals surface area contributed by atoms with Crippen LogP contribution in [-0.2, 0) is 0 Å². The van der Waals surface area contributed by atoms with Gasteiger partial charge in [-0.3, -0.25) is 0 Å². The van der Waals surface area contributed by atoms with Gasteiger partial charge in [-0.05, 0) is 175 Å². The van der Waals surface area contributed by atoms with Gasteiger partial charge in [-0.1, -0.05) is 188 Å². The molecule has 352 valence electrons. The molecule has 2 aromatic heterocycles. The van der Waals surface area contributed by atoms with Gasteiger partial charge in [-0.2, -0.15) is 0 Å². The third kappa shape index (κ3) is 8.33. The third-order valence-electron chi connectivity index (χ3n) is 14.7. The molecule has 3 heteroatoms. The predicted octanol–water partition coefficient (Wildman–Crippen LogP) is 20.6. The molecule has 0 unspecified atom stereocenters. The second kappa shape index (κ2) is 18.6. The average Bonchev–Trinajstić information content (AvgIpc) is 4.06. The summed E-state index contributed by atoms with van der Waals surface area (Å²) in [7, 11) is 0.